The van der Waals surface area contributed by atoms with Gasteiger partial charge in [0.05, 0.1) is 0 Å². The van der Waals surface area contributed by atoms with Crippen molar-refractivity contribution in [3.63, 3.8) is 0 Å². The summed E-state index contributed by atoms with van der Waals surface area (Å²) in [5.74, 6) is -0.390. The van der Waals surface area contributed by atoms with E-state index in [1.165, 1.54) is 6.20 Å². The average molecular weight is 395 g/mol. The molecular weight excluding hydrogens is 364 g/mol. The lowest BCUT2D eigenvalue weighted by atomic mass is 9.79. The minimum Gasteiger partial charge on any atom is -0.508 e. The molecule has 0 bridgehead atoms. The van der Waals surface area contributed by atoms with Crippen LogP contribution in [0.15, 0.2) is 47.4 Å². The fourth-order valence-corrected chi connectivity index (χ4v) is 3.44. The number of fused-ring (bicyclic) bond motifs is 1. The SMILES string of the molecule is CC(C)(C)c1cc(C(C)(C)C)c(NC(=O)c2c[nH]c3ccccc3c2=O)cc1O.[HH]. The summed E-state index contributed by atoms with van der Waals surface area (Å²) in [5.41, 5.74) is 2.06. The topological polar surface area (TPSA) is 82.2 Å². The van der Waals surface area contributed by atoms with Crippen molar-refractivity contribution >= 4 is 22.5 Å². The number of benzene rings is 2. The minimum atomic E-state index is -0.509. The van der Waals surface area contributed by atoms with Gasteiger partial charge < -0.3 is 15.4 Å². The summed E-state index contributed by atoms with van der Waals surface area (Å²) >= 11 is 0. The second-order valence-corrected chi connectivity index (χ2v) is 9.45. The highest BCUT2D eigenvalue weighted by molar-refractivity contribution is 6.06. The predicted octanol–water partition coefficient (Wildman–Crippen LogP) is 5.33. The molecule has 0 unspecified atom stereocenters. The van der Waals surface area contributed by atoms with E-state index in [-0.39, 0.29) is 29.0 Å². The number of hydrogen-bond donors (Lipinski definition) is 3. The van der Waals surface area contributed by atoms with E-state index in [2.05, 4.69) is 10.3 Å². The number of carbonyl (C=O) groups is 1. The molecule has 5 nitrogen and oxygen atoms in total. The number of phenols is 1. The maximum absolute atomic E-state index is 12.9. The van der Waals surface area contributed by atoms with Crippen LogP contribution in [-0.4, -0.2) is 16.0 Å². The zero-order valence-electron chi connectivity index (χ0n) is 17.8. The van der Waals surface area contributed by atoms with Crippen molar-refractivity contribution in [2.24, 2.45) is 0 Å². The normalized spacial score (nSPS) is 12.2. The molecule has 3 rings (SSSR count). The minimum absolute atomic E-state index is 0. The van der Waals surface area contributed by atoms with Crippen LogP contribution in [0.5, 0.6) is 5.75 Å². The van der Waals surface area contributed by atoms with Crippen LogP contribution in [0.3, 0.4) is 0 Å². The Bertz CT molecular complexity index is 1150. The molecule has 0 radical (unpaired) electrons. The summed E-state index contributed by atoms with van der Waals surface area (Å²) in [5, 5.41) is 13.9. The quantitative estimate of drug-likeness (QED) is 0.550. The van der Waals surface area contributed by atoms with Crippen molar-refractivity contribution in [1.29, 1.82) is 0 Å². The van der Waals surface area contributed by atoms with Crippen molar-refractivity contribution in [3.8, 4) is 5.75 Å². The Morgan fingerprint density at radius 3 is 2.24 bits per heavy atom. The Balaban J connectivity index is 0.00000320. The van der Waals surface area contributed by atoms with Gasteiger partial charge in [-0.1, -0.05) is 53.7 Å². The van der Waals surface area contributed by atoms with E-state index in [0.717, 1.165) is 11.1 Å². The fraction of sp³-hybridized carbons (Fsp3) is 0.333. The van der Waals surface area contributed by atoms with E-state index in [9.17, 15) is 14.7 Å². The van der Waals surface area contributed by atoms with Crippen molar-refractivity contribution in [2.45, 2.75) is 52.4 Å². The third-order valence-corrected chi connectivity index (χ3v) is 5.03. The van der Waals surface area contributed by atoms with Gasteiger partial charge in [0.15, 0.2) is 0 Å². The van der Waals surface area contributed by atoms with Crippen molar-refractivity contribution < 1.29 is 11.3 Å². The molecule has 0 aliphatic carbocycles. The van der Waals surface area contributed by atoms with E-state index in [1.54, 1.807) is 24.3 Å². The van der Waals surface area contributed by atoms with E-state index in [0.29, 0.717) is 16.6 Å². The Morgan fingerprint density at radius 2 is 1.62 bits per heavy atom. The third-order valence-electron chi connectivity index (χ3n) is 5.03. The number of para-hydroxylation sites is 1. The molecule has 3 N–H and O–H groups in total. The molecule has 1 heterocycles. The Kier molecular flexibility index (Phi) is 5.03. The lowest BCUT2D eigenvalue weighted by Crippen LogP contribution is -2.25. The largest absolute Gasteiger partial charge is 0.508 e. The van der Waals surface area contributed by atoms with Gasteiger partial charge in [-0.25, -0.2) is 0 Å². The highest BCUT2D eigenvalue weighted by Gasteiger charge is 2.26. The second kappa shape index (κ2) is 7.07. The number of phenolic OH excluding ortho intramolecular Hbond substituents is 1. The number of hydrogen-bond acceptors (Lipinski definition) is 3. The lowest BCUT2D eigenvalue weighted by Gasteiger charge is -2.28. The van der Waals surface area contributed by atoms with Gasteiger partial charge in [0.25, 0.3) is 5.91 Å². The van der Waals surface area contributed by atoms with E-state index >= 15 is 0 Å². The third kappa shape index (κ3) is 4.04. The summed E-state index contributed by atoms with van der Waals surface area (Å²) in [6.07, 6.45) is 1.43. The molecule has 0 atom stereocenters. The van der Waals surface area contributed by atoms with Crippen LogP contribution in [0.1, 0.15) is 64.5 Å². The summed E-state index contributed by atoms with van der Waals surface area (Å²) < 4.78 is 0. The van der Waals surface area contributed by atoms with Crippen LogP contribution in [0.4, 0.5) is 5.69 Å². The molecule has 1 aromatic heterocycles. The number of rotatable bonds is 2. The van der Waals surface area contributed by atoms with Crippen LogP contribution in [0.2, 0.25) is 0 Å². The van der Waals surface area contributed by atoms with Crippen LogP contribution in [0, 0.1) is 0 Å². The molecule has 5 heteroatoms. The van der Waals surface area contributed by atoms with E-state index in [4.69, 9.17) is 0 Å². The first kappa shape index (κ1) is 20.6. The highest BCUT2D eigenvalue weighted by atomic mass is 16.3. The molecule has 0 saturated carbocycles. The number of aromatic hydroxyl groups is 1. The fourth-order valence-electron chi connectivity index (χ4n) is 3.44. The van der Waals surface area contributed by atoms with Gasteiger partial charge in [0, 0.05) is 30.3 Å². The van der Waals surface area contributed by atoms with Gasteiger partial charge in [0.1, 0.15) is 11.3 Å². The maximum atomic E-state index is 12.9. The molecule has 3 aromatic rings. The van der Waals surface area contributed by atoms with Crippen molar-refractivity contribution in [1.82, 2.24) is 4.98 Å². The maximum Gasteiger partial charge on any atom is 0.261 e. The zero-order valence-corrected chi connectivity index (χ0v) is 17.8. The standard InChI is InChI=1S/C24H28N2O3.H2/c1-23(2,3)16-11-17(24(4,5)6)20(27)12-19(16)26-22(29)15-13-25-18-10-8-7-9-14(18)21(15)28;/h7-13,27H,1-6H3,(H,25,28)(H,26,29);1H. The first-order valence-corrected chi connectivity index (χ1v) is 9.69. The number of anilines is 1. The second-order valence-electron chi connectivity index (χ2n) is 9.45. The first-order valence-electron chi connectivity index (χ1n) is 9.69. The number of pyridine rings is 1. The number of amides is 1. The molecule has 2 aromatic carbocycles. The Morgan fingerprint density at radius 1 is 1.00 bits per heavy atom. The van der Waals surface area contributed by atoms with Crippen molar-refractivity contribution in [2.75, 3.05) is 5.32 Å². The van der Waals surface area contributed by atoms with Gasteiger partial charge in [-0.3, -0.25) is 9.59 Å². The van der Waals surface area contributed by atoms with Crippen molar-refractivity contribution in [3.05, 3.63) is 69.5 Å². The zero-order chi connectivity index (χ0) is 21.6. The molecule has 29 heavy (non-hydrogen) atoms. The number of nitrogens with one attached hydrogen (secondary N) is 2. The number of aromatic nitrogens is 1. The lowest BCUT2D eigenvalue weighted by molar-refractivity contribution is 0.102. The van der Waals surface area contributed by atoms with E-state index in [1.807, 2.05) is 53.7 Å². The molecule has 1 amide bonds. The summed E-state index contributed by atoms with van der Waals surface area (Å²) in [4.78, 5) is 28.7. The van der Waals surface area contributed by atoms with Crippen LogP contribution < -0.4 is 10.7 Å². The van der Waals surface area contributed by atoms with Crippen LogP contribution in [-0.2, 0) is 10.8 Å². The van der Waals surface area contributed by atoms with E-state index < -0.39 is 5.91 Å². The Hall–Kier alpha value is -3.08. The molecular formula is C24H30N2O3. The molecule has 0 spiro atoms. The highest BCUT2D eigenvalue weighted by Crippen LogP contribution is 2.39. The van der Waals surface area contributed by atoms with Gasteiger partial charge in [0.2, 0.25) is 5.43 Å². The number of H-pyrrole nitrogens is 1. The summed E-state index contributed by atoms with van der Waals surface area (Å²) in [6.45, 7) is 12.2. The van der Waals surface area contributed by atoms with Crippen LogP contribution >= 0.6 is 0 Å². The van der Waals surface area contributed by atoms with Gasteiger partial charge >= 0.3 is 0 Å². The molecule has 0 aliphatic rings. The Labute approximate surface area is 172 Å². The predicted molar refractivity (Wildman–Crippen MR) is 120 cm³/mol. The van der Waals surface area contributed by atoms with Gasteiger partial charge in [-0.2, -0.15) is 0 Å². The molecule has 0 fully saturated rings. The molecule has 154 valence electrons. The first-order chi connectivity index (χ1) is 13.4. The molecule has 0 aliphatic heterocycles. The summed E-state index contributed by atoms with van der Waals surface area (Å²) in [7, 11) is 0. The molecule has 0 saturated heterocycles. The summed E-state index contributed by atoms with van der Waals surface area (Å²) in [6, 6.07) is 10.6. The van der Waals surface area contributed by atoms with Gasteiger partial charge in [-0.15, -0.1) is 0 Å². The average Bonchev–Trinajstić information content (AvgIpc) is 2.60. The van der Waals surface area contributed by atoms with Gasteiger partial charge in [-0.05, 0) is 40.2 Å². The smallest absolute Gasteiger partial charge is 0.261 e. The number of aromatic amines is 1. The monoisotopic (exact) mass is 394 g/mol. The number of carbonyl (C=O) groups excluding carboxylic acids is 1. The van der Waals surface area contributed by atoms with Crippen LogP contribution in [0.25, 0.3) is 10.9 Å².